The third-order valence-electron chi connectivity index (χ3n) is 3.75. The van der Waals surface area contributed by atoms with Gasteiger partial charge in [-0.2, -0.15) is 5.10 Å². The molecule has 0 aliphatic heterocycles. The molecule has 0 fully saturated rings. The number of hydrogen-bond acceptors (Lipinski definition) is 4. The molecule has 1 aromatic carbocycles. The first-order valence-electron chi connectivity index (χ1n) is 7.53. The largest absolute Gasteiger partial charge is 0.480 e. The molecular formula is C16H16ClN5O3. The molecular weight excluding hydrogens is 346 g/mol. The van der Waals surface area contributed by atoms with Gasteiger partial charge in [0.1, 0.15) is 12.4 Å². The molecule has 0 saturated heterocycles. The summed E-state index contributed by atoms with van der Waals surface area (Å²) in [5.74, 6) is -0.751. The highest BCUT2D eigenvalue weighted by atomic mass is 35.5. The Balaban J connectivity index is 1.75. The molecule has 0 spiro atoms. The third-order valence-corrected chi connectivity index (χ3v) is 3.99. The van der Waals surface area contributed by atoms with Gasteiger partial charge in [-0.3, -0.25) is 14.3 Å². The number of carbonyl (C=O) groups is 2. The zero-order valence-corrected chi connectivity index (χ0v) is 14.4. The Morgan fingerprint density at radius 1 is 1.36 bits per heavy atom. The Bertz CT molecular complexity index is 976. The first kappa shape index (κ1) is 17.0. The molecule has 9 heteroatoms. The van der Waals surface area contributed by atoms with E-state index in [0.29, 0.717) is 27.9 Å². The summed E-state index contributed by atoms with van der Waals surface area (Å²) in [6.45, 7) is 3.17. The Hall–Kier alpha value is -2.87. The fourth-order valence-electron chi connectivity index (χ4n) is 2.61. The summed E-state index contributed by atoms with van der Waals surface area (Å²) in [7, 11) is 0. The van der Waals surface area contributed by atoms with Crippen molar-refractivity contribution in [1.82, 2.24) is 19.7 Å². The number of aromatic nitrogens is 4. The second-order valence-corrected chi connectivity index (χ2v) is 6.10. The van der Waals surface area contributed by atoms with E-state index in [4.69, 9.17) is 16.7 Å². The van der Waals surface area contributed by atoms with Crippen molar-refractivity contribution < 1.29 is 14.7 Å². The van der Waals surface area contributed by atoms with Crippen molar-refractivity contribution in [1.29, 1.82) is 0 Å². The second-order valence-electron chi connectivity index (χ2n) is 5.67. The molecule has 0 saturated carbocycles. The molecule has 0 aliphatic carbocycles. The molecule has 0 aliphatic rings. The minimum absolute atomic E-state index is 0.0509. The predicted octanol–water partition coefficient (Wildman–Crippen LogP) is 2.30. The number of nitrogens with one attached hydrogen (secondary N) is 2. The molecule has 0 unspecified atom stereocenters. The maximum absolute atomic E-state index is 12.3. The van der Waals surface area contributed by atoms with E-state index >= 15 is 0 Å². The SMILES string of the molecule is Cc1nn(CC(=O)O)c(C)c1NC(=O)Cc1nc2ccc(Cl)cc2[nH]1. The van der Waals surface area contributed by atoms with E-state index in [1.165, 1.54) is 4.68 Å². The number of fused-ring (bicyclic) bond motifs is 1. The average molecular weight is 362 g/mol. The zero-order valence-electron chi connectivity index (χ0n) is 13.6. The number of hydrogen-bond donors (Lipinski definition) is 3. The topological polar surface area (TPSA) is 113 Å². The van der Waals surface area contributed by atoms with E-state index in [1.807, 2.05) is 0 Å². The lowest BCUT2D eigenvalue weighted by Gasteiger charge is -2.05. The van der Waals surface area contributed by atoms with Gasteiger partial charge in [-0.05, 0) is 32.0 Å². The van der Waals surface area contributed by atoms with Gasteiger partial charge in [0, 0.05) is 5.02 Å². The fourth-order valence-corrected chi connectivity index (χ4v) is 2.79. The number of imidazole rings is 1. The van der Waals surface area contributed by atoms with Crippen LogP contribution in [0.4, 0.5) is 5.69 Å². The van der Waals surface area contributed by atoms with Crippen LogP contribution < -0.4 is 5.32 Å². The number of rotatable bonds is 5. The standard InChI is InChI=1S/C16H16ClN5O3/c1-8-16(9(2)22(21-8)7-15(24)25)20-14(23)6-13-18-11-4-3-10(17)5-12(11)19-13/h3-5H,6-7H2,1-2H3,(H,18,19)(H,20,23)(H,24,25). The molecule has 2 aromatic heterocycles. The number of aromatic amines is 1. The Kier molecular flexibility index (Phi) is 4.45. The van der Waals surface area contributed by atoms with Crippen LogP contribution in [-0.4, -0.2) is 36.7 Å². The van der Waals surface area contributed by atoms with E-state index in [9.17, 15) is 9.59 Å². The van der Waals surface area contributed by atoms with E-state index in [-0.39, 0.29) is 18.9 Å². The molecule has 3 N–H and O–H groups in total. The van der Waals surface area contributed by atoms with Crippen LogP contribution in [0.15, 0.2) is 18.2 Å². The van der Waals surface area contributed by atoms with Crippen LogP contribution in [0.25, 0.3) is 11.0 Å². The maximum Gasteiger partial charge on any atom is 0.325 e. The number of carboxylic acids is 1. The van der Waals surface area contributed by atoms with Crippen molar-refractivity contribution in [2.24, 2.45) is 0 Å². The Labute approximate surface area is 147 Å². The number of H-pyrrole nitrogens is 1. The first-order valence-corrected chi connectivity index (χ1v) is 7.91. The van der Waals surface area contributed by atoms with Gasteiger partial charge >= 0.3 is 5.97 Å². The van der Waals surface area contributed by atoms with Gasteiger partial charge in [-0.15, -0.1) is 0 Å². The van der Waals surface area contributed by atoms with E-state index in [2.05, 4.69) is 20.4 Å². The van der Waals surface area contributed by atoms with Gasteiger partial charge in [0.15, 0.2) is 0 Å². The number of amides is 1. The third kappa shape index (κ3) is 3.63. The van der Waals surface area contributed by atoms with Crippen molar-refractivity contribution in [2.45, 2.75) is 26.8 Å². The molecule has 2 heterocycles. The monoisotopic (exact) mass is 361 g/mol. The molecule has 3 aromatic rings. The average Bonchev–Trinajstić information content (AvgIpc) is 3.01. The van der Waals surface area contributed by atoms with Crippen LogP contribution in [-0.2, 0) is 22.6 Å². The van der Waals surface area contributed by atoms with Crippen LogP contribution in [0, 0.1) is 13.8 Å². The highest BCUT2D eigenvalue weighted by molar-refractivity contribution is 6.31. The van der Waals surface area contributed by atoms with Crippen molar-refractivity contribution in [3.05, 3.63) is 40.4 Å². The minimum atomic E-state index is -0.996. The highest BCUT2D eigenvalue weighted by Gasteiger charge is 2.16. The van der Waals surface area contributed by atoms with Crippen molar-refractivity contribution in [3.8, 4) is 0 Å². The lowest BCUT2D eigenvalue weighted by molar-refractivity contribution is -0.137. The summed E-state index contributed by atoms with van der Waals surface area (Å²) in [6.07, 6.45) is 0.0509. The summed E-state index contributed by atoms with van der Waals surface area (Å²) in [6, 6.07) is 5.26. The van der Waals surface area contributed by atoms with Crippen molar-refractivity contribution >= 4 is 40.2 Å². The van der Waals surface area contributed by atoms with Crippen LogP contribution in [0.2, 0.25) is 5.02 Å². The number of aryl methyl sites for hydroxylation is 1. The quantitative estimate of drug-likeness (QED) is 0.645. The zero-order chi connectivity index (χ0) is 18.1. The number of carbonyl (C=O) groups excluding carboxylic acids is 1. The summed E-state index contributed by atoms with van der Waals surface area (Å²) in [5.41, 5.74) is 3.16. The number of halogens is 1. The van der Waals surface area contributed by atoms with E-state index < -0.39 is 5.97 Å². The molecule has 25 heavy (non-hydrogen) atoms. The number of benzene rings is 1. The second kappa shape index (κ2) is 6.56. The highest BCUT2D eigenvalue weighted by Crippen LogP contribution is 2.20. The lowest BCUT2D eigenvalue weighted by atomic mass is 10.3. The molecule has 130 valence electrons. The predicted molar refractivity (Wildman–Crippen MR) is 92.8 cm³/mol. The molecule has 8 nitrogen and oxygen atoms in total. The number of nitrogens with zero attached hydrogens (tertiary/aromatic N) is 3. The van der Waals surface area contributed by atoms with E-state index in [0.717, 1.165) is 11.0 Å². The van der Waals surface area contributed by atoms with Crippen LogP contribution in [0.3, 0.4) is 0 Å². The number of anilines is 1. The van der Waals surface area contributed by atoms with Crippen molar-refractivity contribution in [3.63, 3.8) is 0 Å². The minimum Gasteiger partial charge on any atom is -0.480 e. The van der Waals surface area contributed by atoms with Gasteiger partial charge in [0.05, 0.1) is 34.5 Å². The normalized spacial score (nSPS) is 11.0. The molecule has 0 atom stereocenters. The summed E-state index contributed by atoms with van der Waals surface area (Å²) >= 11 is 5.94. The summed E-state index contributed by atoms with van der Waals surface area (Å²) < 4.78 is 1.34. The van der Waals surface area contributed by atoms with Crippen LogP contribution >= 0.6 is 11.6 Å². The summed E-state index contributed by atoms with van der Waals surface area (Å²) in [4.78, 5) is 30.6. The van der Waals surface area contributed by atoms with Gasteiger partial charge in [0.2, 0.25) is 5.91 Å². The molecule has 0 radical (unpaired) electrons. The molecule has 0 bridgehead atoms. The van der Waals surface area contributed by atoms with Gasteiger partial charge in [-0.1, -0.05) is 11.6 Å². The fraction of sp³-hybridized carbons (Fsp3) is 0.250. The lowest BCUT2D eigenvalue weighted by Crippen LogP contribution is -2.17. The van der Waals surface area contributed by atoms with Crippen molar-refractivity contribution in [2.75, 3.05) is 5.32 Å². The number of aliphatic carboxylic acids is 1. The maximum atomic E-state index is 12.3. The smallest absolute Gasteiger partial charge is 0.325 e. The van der Waals surface area contributed by atoms with Gasteiger partial charge in [-0.25, -0.2) is 4.98 Å². The molecule has 1 amide bonds. The Morgan fingerprint density at radius 2 is 2.12 bits per heavy atom. The van der Waals surface area contributed by atoms with Gasteiger partial charge < -0.3 is 15.4 Å². The molecule has 3 rings (SSSR count). The van der Waals surface area contributed by atoms with Crippen LogP contribution in [0.5, 0.6) is 0 Å². The first-order chi connectivity index (χ1) is 11.8. The number of carboxylic acid groups (broad SMARTS) is 1. The Morgan fingerprint density at radius 3 is 2.84 bits per heavy atom. The summed E-state index contributed by atoms with van der Waals surface area (Å²) in [5, 5.41) is 16.4. The van der Waals surface area contributed by atoms with Crippen LogP contribution in [0.1, 0.15) is 17.2 Å². The van der Waals surface area contributed by atoms with E-state index in [1.54, 1.807) is 32.0 Å². The van der Waals surface area contributed by atoms with Gasteiger partial charge in [0.25, 0.3) is 0 Å².